The molecule has 3 aliphatic rings. The first-order chi connectivity index (χ1) is 10.8. The Kier molecular flexibility index (Phi) is 3.30. The summed E-state index contributed by atoms with van der Waals surface area (Å²) in [5, 5.41) is 0.970. The number of benzene rings is 1. The second-order valence-corrected chi connectivity index (χ2v) is 6.43. The molecule has 0 N–H and O–H groups in total. The minimum absolute atomic E-state index is 0.0285. The molecule has 1 unspecified atom stereocenters. The van der Waals surface area contributed by atoms with E-state index in [0.29, 0.717) is 11.8 Å². The van der Waals surface area contributed by atoms with Crippen molar-refractivity contribution in [1.29, 1.82) is 0 Å². The van der Waals surface area contributed by atoms with Crippen molar-refractivity contribution in [1.82, 2.24) is 9.88 Å². The van der Waals surface area contributed by atoms with Gasteiger partial charge in [0.1, 0.15) is 0 Å². The third kappa shape index (κ3) is 2.08. The summed E-state index contributed by atoms with van der Waals surface area (Å²) in [6.45, 7) is 5.97. The maximum absolute atomic E-state index is 13.1. The zero-order chi connectivity index (χ0) is 15.1. The maximum atomic E-state index is 13.1. The number of rotatable bonds is 3. The molecule has 0 spiro atoms. The number of aromatic nitrogens is 1. The summed E-state index contributed by atoms with van der Waals surface area (Å²) in [7, 11) is 0. The van der Waals surface area contributed by atoms with Gasteiger partial charge >= 0.3 is 0 Å². The lowest BCUT2D eigenvalue weighted by atomic mass is 9.74. The normalized spacial score (nSPS) is 30.4. The van der Waals surface area contributed by atoms with Gasteiger partial charge in [-0.25, -0.2) is 0 Å². The number of pyridine rings is 1. The predicted octanol–water partition coefficient (Wildman–Crippen LogP) is 3.31. The van der Waals surface area contributed by atoms with Crippen LogP contribution < -0.4 is 0 Å². The molecular weight excluding hydrogens is 272 g/mol. The van der Waals surface area contributed by atoms with E-state index in [1.165, 1.54) is 6.42 Å². The number of carbonyl (C=O) groups is 1. The first kappa shape index (κ1) is 13.6. The van der Waals surface area contributed by atoms with Crippen LogP contribution in [0.15, 0.2) is 49.2 Å². The zero-order valence-corrected chi connectivity index (χ0v) is 12.6. The summed E-state index contributed by atoms with van der Waals surface area (Å²) < 4.78 is 0. The molecule has 4 atom stereocenters. The molecule has 3 fully saturated rings. The molecule has 22 heavy (non-hydrogen) atoms. The lowest BCUT2D eigenvalue weighted by molar-refractivity contribution is 0.0205. The van der Waals surface area contributed by atoms with Gasteiger partial charge in [-0.05, 0) is 43.4 Å². The molecule has 3 heteroatoms. The van der Waals surface area contributed by atoms with E-state index in [1.54, 1.807) is 6.20 Å². The lowest BCUT2D eigenvalue weighted by Crippen LogP contribution is -2.55. The number of fused-ring (bicyclic) bond motifs is 4. The van der Waals surface area contributed by atoms with Gasteiger partial charge in [0, 0.05) is 23.7 Å². The molecule has 3 nitrogen and oxygen atoms in total. The molecule has 4 heterocycles. The average Bonchev–Trinajstić information content (AvgIpc) is 2.60. The first-order valence-electron chi connectivity index (χ1n) is 8.02. The van der Waals surface area contributed by atoms with Crippen LogP contribution in [0.25, 0.3) is 10.9 Å². The smallest absolute Gasteiger partial charge is 0.180 e. The summed E-state index contributed by atoms with van der Waals surface area (Å²) in [5.74, 6) is 1.42. The van der Waals surface area contributed by atoms with Crippen molar-refractivity contribution in [2.24, 2.45) is 11.8 Å². The molecule has 0 saturated carbocycles. The van der Waals surface area contributed by atoms with Gasteiger partial charge in [-0.1, -0.05) is 24.3 Å². The van der Waals surface area contributed by atoms with E-state index < -0.39 is 0 Å². The summed E-state index contributed by atoms with van der Waals surface area (Å²) in [6.07, 6.45) is 5.97. The highest BCUT2D eigenvalue weighted by atomic mass is 16.1. The third-order valence-corrected chi connectivity index (χ3v) is 5.32. The second-order valence-electron chi connectivity index (χ2n) is 6.43. The summed E-state index contributed by atoms with van der Waals surface area (Å²) >= 11 is 0. The van der Waals surface area contributed by atoms with Gasteiger partial charge in [0.15, 0.2) is 5.78 Å². The molecule has 112 valence electrons. The Morgan fingerprint density at radius 1 is 1.32 bits per heavy atom. The quantitative estimate of drug-likeness (QED) is 0.643. The van der Waals surface area contributed by atoms with E-state index in [2.05, 4.69) is 22.5 Å². The number of carbonyl (C=O) groups excluding carboxylic acids is 1. The third-order valence-electron chi connectivity index (χ3n) is 5.32. The Balaban J connectivity index is 1.69. The van der Waals surface area contributed by atoms with Crippen LogP contribution in [0.1, 0.15) is 23.2 Å². The number of Topliss-reactive ketones (excluding diaryl/α,β-unsaturated/α-hetero) is 1. The number of piperidine rings is 3. The summed E-state index contributed by atoms with van der Waals surface area (Å²) in [5.41, 5.74) is 1.71. The minimum atomic E-state index is 0.0285. The molecule has 1 aromatic carbocycles. The van der Waals surface area contributed by atoms with Crippen molar-refractivity contribution < 1.29 is 4.79 Å². The van der Waals surface area contributed by atoms with Gasteiger partial charge in [-0.2, -0.15) is 0 Å². The number of nitrogens with zero attached hydrogens (tertiary/aromatic N) is 2. The number of hydrogen-bond acceptors (Lipinski definition) is 3. The van der Waals surface area contributed by atoms with Gasteiger partial charge < -0.3 is 0 Å². The molecular formula is C19H20N2O. The van der Waals surface area contributed by atoms with Crippen LogP contribution in [0.2, 0.25) is 0 Å². The van der Waals surface area contributed by atoms with Crippen molar-refractivity contribution in [3.8, 4) is 0 Å². The molecule has 3 saturated heterocycles. The molecule has 2 aromatic rings. The highest BCUT2D eigenvalue weighted by Gasteiger charge is 2.42. The standard InChI is InChI=1S/C19H20N2O/c1-2-13-12-21-10-8-14(13)11-18(21)19(22)16-7-9-20-17-6-4-3-5-15(16)17/h2-7,9,13-14,18H,1,8,10-12H2/t13-,14-,18-/m1/s1. The lowest BCUT2D eigenvalue weighted by Gasteiger charge is -2.48. The molecule has 0 amide bonds. The van der Waals surface area contributed by atoms with Gasteiger partial charge in [-0.15, -0.1) is 6.58 Å². The Bertz CT molecular complexity index is 734. The average molecular weight is 292 g/mol. The van der Waals surface area contributed by atoms with Crippen molar-refractivity contribution >= 4 is 16.7 Å². The van der Waals surface area contributed by atoms with E-state index in [1.807, 2.05) is 30.3 Å². The molecule has 5 rings (SSSR count). The molecule has 2 bridgehead atoms. The fourth-order valence-corrected chi connectivity index (χ4v) is 4.10. The molecule has 0 radical (unpaired) electrons. The Morgan fingerprint density at radius 2 is 2.18 bits per heavy atom. The van der Waals surface area contributed by atoms with Crippen molar-refractivity contribution in [3.63, 3.8) is 0 Å². The maximum Gasteiger partial charge on any atom is 0.180 e. The predicted molar refractivity (Wildman–Crippen MR) is 87.8 cm³/mol. The van der Waals surface area contributed by atoms with Crippen molar-refractivity contribution in [3.05, 3.63) is 54.7 Å². The monoisotopic (exact) mass is 292 g/mol. The van der Waals surface area contributed by atoms with Crippen molar-refractivity contribution in [2.75, 3.05) is 13.1 Å². The topological polar surface area (TPSA) is 33.2 Å². The van der Waals surface area contributed by atoms with E-state index in [0.717, 1.165) is 36.0 Å². The van der Waals surface area contributed by atoms with Gasteiger partial charge in [-0.3, -0.25) is 14.7 Å². The summed E-state index contributed by atoms with van der Waals surface area (Å²) in [6, 6.07) is 9.80. The van der Waals surface area contributed by atoms with E-state index in [4.69, 9.17) is 0 Å². The van der Waals surface area contributed by atoms with Crippen LogP contribution in [0.3, 0.4) is 0 Å². The van der Waals surface area contributed by atoms with Crippen LogP contribution in [0, 0.1) is 11.8 Å². The second kappa shape index (κ2) is 5.33. The van der Waals surface area contributed by atoms with Crippen LogP contribution in [-0.4, -0.2) is 34.8 Å². The van der Waals surface area contributed by atoms with Gasteiger partial charge in [0.05, 0.1) is 11.6 Å². The number of ketones is 1. The first-order valence-corrected chi connectivity index (χ1v) is 8.02. The fourth-order valence-electron chi connectivity index (χ4n) is 4.10. The van der Waals surface area contributed by atoms with Gasteiger partial charge in [0.25, 0.3) is 0 Å². The highest BCUT2D eigenvalue weighted by molar-refractivity contribution is 6.09. The zero-order valence-electron chi connectivity index (χ0n) is 12.6. The minimum Gasteiger partial charge on any atom is -0.293 e. The van der Waals surface area contributed by atoms with Crippen LogP contribution in [0.5, 0.6) is 0 Å². The van der Waals surface area contributed by atoms with E-state index >= 15 is 0 Å². The van der Waals surface area contributed by atoms with E-state index in [9.17, 15) is 4.79 Å². The summed E-state index contributed by atoms with van der Waals surface area (Å²) in [4.78, 5) is 19.8. The SMILES string of the molecule is C=C[C@@H]1CN2CC[C@@H]1C[C@@H]2C(=O)c1ccnc2ccccc12. The van der Waals surface area contributed by atoms with Crippen molar-refractivity contribution in [2.45, 2.75) is 18.9 Å². The molecule has 1 aromatic heterocycles. The van der Waals surface area contributed by atoms with Crippen LogP contribution in [-0.2, 0) is 0 Å². The fraction of sp³-hybridized carbons (Fsp3) is 0.368. The van der Waals surface area contributed by atoms with Crippen LogP contribution >= 0.6 is 0 Å². The Hall–Kier alpha value is -2.00. The highest BCUT2D eigenvalue weighted by Crippen LogP contribution is 2.38. The molecule has 3 aliphatic heterocycles. The van der Waals surface area contributed by atoms with Crippen LogP contribution in [0.4, 0.5) is 0 Å². The van der Waals surface area contributed by atoms with E-state index in [-0.39, 0.29) is 11.8 Å². The largest absolute Gasteiger partial charge is 0.293 e. The number of hydrogen-bond donors (Lipinski definition) is 0. The molecule has 0 aliphatic carbocycles. The Labute approximate surface area is 130 Å². The Morgan fingerprint density at radius 3 is 2.95 bits per heavy atom. The number of para-hydroxylation sites is 1. The van der Waals surface area contributed by atoms with Gasteiger partial charge in [0.2, 0.25) is 0 Å².